The largest absolute Gasteiger partial charge is 1.00 e. The van der Waals surface area contributed by atoms with Crippen LogP contribution >= 0.6 is 11.6 Å². The van der Waals surface area contributed by atoms with Gasteiger partial charge < -0.3 is 0 Å². The van der Waals surface area contributed by atoms with E-state index < -0.39 is 0 Å². The van der Waals surface area contributed by atoms with Crippen molar-refractivity contribution in [3.05, 3.63) is 0 Å². The number of rotatable bonds is 16. The summed E-state index contributed by atoms with van der Waals surface area (Å²) in [6.07, 6.45) is 24.1. The van der Waals surface area contributed by atoms with Crippen LogP contribution in [0.5, 0.6) is 0 Å². The molecule has 0 saturated carbocycles. The molecule has 0 amide bonds. The predicted octanol–water partition coefficient (Wildman–Crippen LogP) is 4.46. The summed E-state index contributed by atoms with van der Waals surface area (Å²) in [5.74, 6) is 0.827. The Balaban J connectivity index is -0.000000215. The maximum atomic E-state index is 5.38. The molecule has 0 N–H and O–H groups in total. The zero-order valence-electron chi connectivity index (χ0n) is 17.1. The van der Waals surface area contributed by atoms with E-state index in [-0.39, 0.29) is 38.0 Å². The summed E-state index contributed by atoms with van der Waals surface area (Å²) in [7, 11) is 0. The van der Waals surface area contributed by atoms with Gasteiger partial charge in [0.1, 0.15) is 0 Å². The minimum atomic E-state index is 0. The van der Waals surface area contributed by atoms with Crippen LogP contribution in [0, 0.1) is 0 Å². The Morgan fingerprint density at radius 3 is 0.792 bits per heavy atom. The normalized spacial score (nSPS) is 9.50. The molecule has 0 aliphatic carbocycles. The van der Waals surface area contributed by atoms with Crippen molar-refractivity contribution in [2.24, 2.45) is 0 Å². The van der Waals surface area contributed by atoms with Gasteiger partial charge in [0, 0.05) is 5.88 Å². The third kappa shape index (κ3) is 38.8. The minimum absolute atomic E-state index is 0. The third-order valence-corrected chi connectivity index (χ3v) is 4.46. The molecular weight excluding hydrogens is 321 g/mol. The molecule has 0 heterocycles. The zero-order chi connectivity index (χ0) is 16.7. The van der Waals surface area contributed by atoms with Gasteiger partial charge in [0.2, 0.25) is 0 Å². The van der Waals surface area contributed by atoms with E-state index in [0.717, 1.165) is 5.88 Å². The van der Waals surface area contributed by atoms with E-state index >= 15 is 0 Å². The van der Waals surface area contributed by atoms with Gasteiger partial charge in [-0.15, -0.1) is 11.6 Å². The Morgan fingerprint density at radius 2 is 0.625 bits per heavy atom. The number of alkyl halides is 1. The first-order valence-corrected chi connectivity index (χ1v) is 10.9. The maximum absolute atomic E-state index is 5.38. The van der Waals surface area contributed by atoms with Gasteiger partial charge >= 0.3 is 29.6 Å². The molecule has 0 aliphatic heterocycles. The van der Waals surface area contributed by atoms with Crippen molar-refractivity contribution in [3.63, 3.8) is 0 Å². The topological polar surface area (TPSA) is 0 Å². The van der Waals surface area contributed by atoms with Crippen molar-refractivity contribution < 1.29 is 29.6 Å². The Bertz CT molecular complexity index is 150. The fourth-order valence-electron chi connectivity index (χ4n) is 2.61. The van der Waals surface area contributed by atoms with Gasteiger partial charge in [-0.1, -0.05) is 132 Å². The number of hydrogen-bond acceptors (Lipinski definition) is 0. The van der Waals surface area contributed by atoms with Crippen LogP contribution in [0.4, 0.5) is 0 Å². The smallest absolute Gasteiger partial charge is 0.127 e. The molecule has 0 saturated heterocycles. The predicted molar refractivity (Wildman–Crippen MR) is 118 cm³/mol. The second-order valence-electron chi connectivity index (χ2n) is 6.64. The minimum Gasteiger partial charge on any atom is -0.127 e. The Labute approximate surface area is 184 Å². The molecule has 144 valence electrons. The first-order valence-electron chi connectivity index (χ1n) is 10.4. The summed E-state index contributed by atoms with van der Waals surface area (Å²) in [6.45, 7) is 6.75. The molecule has 0 atom stereocenters. The zero-order valence-corrected chi connectivity index (χ0v) is 19.9. The van der Waals surface area contributed by atoms with Crippen molar-refractivity contribution in [1.29, 1.82) is 0 Å². The summed E-state index contributed by atoms with van der Waals surface area (Å²) in [6, 6.07) is 0. The standard InChI is InChI=1S/C16H34.C5H11Cl.BH4.Na/c1-3-5-7-9-11-13-15-16-14-12-10-8-6-4-2;1-2-3-4-5-6;;/h3-16H2,1-2H3;2-5H2,1H3;1H4;/q;;-1;+1. The third-order valence-electron chi connectivity index (χ3n) is 4.19. The van der Waals surface area contributed by atoms with Gasteiger partial charge in [-0.2, -0.15) is 0 Å². The van der Waals surface area contributed by atoms with E-state index in [1.54, 1.807) is 0 Å². The Morgan fingerprint density at radius 1 is 0.417 bits per heavy atom. The summed E-state index contributed by atoms with van der Waals surface area (Å²) < 4.78 is 0. The molecule has 0 unspecified atom stereocenters. The molecule has 0 spiro atoms. The number of hydrogen-bond donors (Lipinski definition) is 0. The van der Waals surface area contributed by atoms with Crippen molar-refractivity contribution in [1.82, 2.24) is 0 Å². The molecule has 0 nitrogen and oxygen atoms in total. The molecule has 0 aliphatic rings. The molecule has 24 heavy (non-hydrogen) atoms. The van der Waals surface area contributed by atoms with Crippen molar-refractivity contribution in [2.75, 3.05) is 5.88 Å². The number of unbranched alkanes of at least 4 members (excludes halogenated alkanes) is 15. The first-order chi connectivity index (χ1) is 10.8. The molecule has 0 fully saturated rings. The second-order valence-corrected chi connectivity index (χ2v) is 7.02. The Hall–Kier alpha value is 1.35. The van der Waals surface area contributed by atoms with Gasteiger partial charge in [-0.3, -0.25) is 0 Å². The van der Waals surface area contributed by atoms with Crippen molar-refractivity contribution in [2.45, 2.75) is 130 Å². The molecule has 0 aromatic heterocycles. The first kappa shape index (κ1) is 33.0. The summed E-state index contributed by atoms with van der Waals surface area (Å²) in [5.41, 5.74) is 0. The SMILES string of the molecule is CCCCCCCCCCCCCCCC.CCCCCCl.[BH4-].[Na+]. The van der Waals surface area contributed by atoms with Crippen LogP contribution in [-0.4, -0.2) is 14.3 Å². The van der Waals surface area contributed by atoms with Crippen LogP contribution in [0.15, 0.2) is 0 Å². The van der Waals surface area contributed by atoms with Gasteiger partial charge in [-0.05, 0) is 6.42 Å². The molecule has 0 aromatic rings. The Kier molecular flexibility index (Phi) is 48.7. The van der Waals surface area contributed by atoms with Crippen LogP contribution in [0.2, 0.25) is 0 Å². The van der Waals surface area contributed by atoms with Crippen LogP contribution in [0.1, 0.15) is 130 Å². The fourth-order valence-corrected chi connectivity index (χ4v) is 2.80. The van der Waals surface area contributed by atoms with E-state index in [9.17, 15) is 0 Å². The van der Waals surface area contributed by atoms with Gasteiger partial charge in [0.05, 0.1) is 0 Å². The van der Waals surface area contributed by atoms with E-state index in [4.69, 9.17) is 11.6 Å². The van der Waals surface area contributed by atoms with E-state index in [1.165, 1.54) is 109 Å². The van der Waals surface area contributed by atoms with Gasteiger partial charge in [0.25, 0.3) is 0 Å². The van der Waals surface area contributed by atoms with E-state index in [0.29, 0.717) is 0 Å². The molecular formula is C21H49BClNa. The molecule has 0 rings (SSSR count). The second kappa shape index (κ2) is 35.5. The monoisotopic (exact) mass is 370 g/mol. The molecule has 0 aromatic carbocycles. The van der Waals surface area contributed by atoms with Crippen molar-refractivity contribution in [3.8, 4) is 0 Å². The van der Waals surface area contributed by atoms with Crippen LogP contribution in [0.25, 0.3) is 0 Å². The molecule has 3 heteroatoms. The van der Waals surface area contributed by atoms with Crippen LogP contribution in [0.3, 0.4) is 0 Å². The average molecular weight is 371 g/mol. The van der Waals surface area contributed by atoms with E-state index in [2.05, 4.69) is 20.8 Å². The molecule has 0 bridgehead atoms. The van der Waals surface area contributed by atoms with Crippen LogP contribution < -0.4 is 29.6 Å². The van der Waals surface area contributed by atoms with Gasteiger partial charge in [0.15, 0.2) is 0 Å². The summed E-state index contributed by atoms with van der Waals surface area (Å²) in [4.78, 5) is 0. The van der Waals surface area contributed by atoms with Gasteiger partial charge in [-0.25, -0.2) is 0 Å². The van der Waals surface area contributed by atoms with Crippen molar-refractivity contribution >= 4 is 20.0 Å². The maximum Gasteiger partial charge on any atom is 1.00 e. The van der Waals surface area contributed by atoms with Crippen LogP contribution in [-0.2, 0) is 0 Å². The number of halogens is 1. The fraction of sp³-hybridized carbons (Fsp3) is 1.00. The summed E-state index contributed by atoms with van der Waals surface area (Å²) >= 11 is 5.38. The quantitative estimate of drug-likeness (QED) is 0.214. The average Bonchev–Trinajstić information content (AvgIpc) is 2.54. The molecule has 0 radical (unpaired) electrons. The van der Waals surface area contributed by atoms with E-state index in [1.807, 2.05) is 0 Å². The summed E-state index contributed by atoms with van der Waals surface area (Å²) in [5, 5.41) is 0.